The van der Waals surface area contributed by atoms with Gasteiger partial charge in [0.1, 0.15) is 11.5 Å². The van der Waals surface area contributed by atoms with E-state index in [1.807, 2.05) is 67.7 Å². The van der Waals surface area contributed by atoms with Crippen LogP contribution < -0.4 is 24.8 Å². The van der Waals surface area contributed by atoms with Crippen molar-refractivity contribution in [2.45, 2.75) is 51.2 Å². The predicted molar refractivity (Wildman–Crippen MR) is 200 cm³/mol. The van der Waals surface area contributed by atoms with Crippen LogP contribution in [-0.2, 0) is 17.9 Å². The molecule has 1 saturated carbocycles. The van der Waals surface area contributed by atoms with E-state index in [0.717, 1.165) is 64.9 Å². The summed E-state index contributed by atoms with van der Waals surface area (Å²) in [5.41, 5.74) is 7.04. The van der Waals surface area contributed by atoms with Gasteiger partial charge in [-0.25, -0.2) is 4.98 Å². The first-order valence-corrected chi connectivity index (χ1v) is 17.1. The SMILES string of the molecule is CNCc1ccc(-c2cccc(-c3cccc(Nc4cc(OC)c(CN(C)C5CCC(CC(=O)O)CC5)c(OC)c4)c3C=N)c2Cl)nc1OC. The topological polar surface area (TPSA) is 129 Å². The van der Waals surface area contributed by atoms with E-state index in [1.165, 1.54) is 6.21 Å². The van der Waals surface area contributed by atoms with Crippen LogP contribution in [0.5, 0.6) is 17.4 Å². The summed E-state index contributed by atoms with van der Waals surface area (Å²) in [6, 6.07) is 19.8. The third-order valence-electron chi connectivity index (χ3n) is 9.51. The van der Waals surface area contributed by atoms with E-state index < -0.39 is 5.97 Å². The summed E-state index contributed by atoms with van der Waals surface area (Å²) in [4.78, 5) is 18.2. The molecule has 0 unspecified atom stereocenters. The van der Waals surface area contributed by atoms with Gasteiger partial charge in [0.15, 0.2) is 0 Å². The van der Waals surface area contributed by atoms with Crippen molar-refractivity contribution in [3.8, 4) is 39.8 Å². The molecule has 1 aromatic heterocycles. The summed E-state index contributed by atoms with van der Waals surface area (Å²) in [5.74, 6) is 1.44. The van der Waals surface area contributed by atoms with Crippen molar-refractivity contribution in [3.63, 3.8) is 0 Å². The lowest BCUT2D eigenvalue weighted by Crippen LogP contribution is -2.35. The third kappa shape index (κ3) is 8.21. The number of pyridine rings is 1. The van der Waals surface area contributed by atoms with Gasteiger partial charge in [0.25, 0.3) is 0 Å². The van der Waals surface area contributed by atoms with Gasteiger partial charge in [-0.3, -0.25) is 9.69 Å². The van der Waals surface area contributed by atoms with Crippen LogP contribution >= 0.6 is 11.6 Å². The van der Waals surface area contributed by atoms with E-state index >= 15 is 0 Å². The standard InChI is InChI=1S/C39H46ClN5O5/c1-42-22-25-14-17-34(44-39(25)50-5)30-10-6-9-29(38(30)40)28-8-7-11-33(31(28)21-41)43-26-19-35(48-3)32(36(20-26)49-4)23-45(2)27-15-12-24(13-16-27)18-37(46)47/h6-11,14,17,19-21,24,27,41-43H,12-13,15-16,18,22-23H2,1-5H3,(H,46,47). The number of benzene rings is 3. The first kappa shape index (κ1) is 36.6. The number of aromatic nitrogens is 1. The molecule has 0 spiro atoms. The molecule has 1 aliphatic rings. The van der Waals surface area contributed by atoms with Crippen LogP contribution in [0.2, 0.25) is 5.02 Å². The van der Waals surface area contributed by atoms with Gasteiger partial charge in [-0.1, -0.05) is 48.0 Å². The molecule has 11 heteroatoms. The molecule has 1 aliphatic carbocycles. The Labute approximate surface area is 299 Å². The second-order valence-corrected chi connectivity index (χ2v) is 13.0. The second kappa shape index (κ2) is 16.8. The van der Waals surface area contributed by atoms with Gasteiger partial charge in [-0.05, 0) is 63.4 Å². The van der Waals surface area contributed by atoms with E-state index in [0.29, 0.717) is 52.8 Å². The highest BCUT2D eigenvalue weighted by atomic mass is 35.5. The fraction of sp³-hybridized carbons (Fsp3) is 0.359. The van der Waals surface area contributed by atoms with Gasteiger partial charge < -0.3 is 35.4 Å². The van der Waals surface area contributed by atoms with Gasteiger partial charge in [0, 0.05) is 77.5 Å². The number of carbonyl (C=O) groups is 1. The van der Waals surface area contributed by atoms with E-state index in [-0.39, 0.29) is 12.3 Å². The number of ether oxygens (including phenoxy) is 3. The molecule has 0 radical (unpaired) electrons. The van der Waals surface area contributed by atoms with Gasteiger partial charge in [0.2, 0.25) is 5.88 Å². The van der Waals surface area contributed by atoms with E-state index in [2.05, 4.69) is 22.6 Å². The highest BCUT2D eigenvalue weighted by molar-refractivity contribution is 6.36. The maximum absolute atomic E-state index is 11.2. The summed E-state index contributed by atoms with van der Waals surface area (Å²) in [6.45, 7) is 1.25. The Bertz CT molecular complexity index is 1800. The van der Waals surface area contributed by atoms with Crippen LogP contribution in [0.15, 0.2) is 60.7 Å². The number of rotatable bonds is 15. The van der Waals surface area contributed by atoms with Crippen LogP contribution in [0.25, 0.3) is 22.4 Å². The fourth-order valence-corrected chi connectivity index (χ4v) is 7.23. The number of carboxylic acids is 1. The zero-order valence-electron chi connectivity index (χ0n) is 29.3. The van der Waals surface area contributed by atoms with Crippen molar-refractivity contribution >= 4 is 35.2 Å². The lowest BCUT2D eigenvalue weighted by molar-refractivity contribution is -0.138. The summed E-state index contributed by atoms with van der Waals surface area (Å²) < 4.78 is 17.3. The molecule has 4 N–H and O–H groups in total. The maximum atomic E-state index is 11.2. The van der Waals surface area contributed by atoms with Gasteiger partial charge in [0.05, 0.1) is 37.6 Å². The smallest absolute Gasteiger partial charge is 0.303 e. The van der Waals surface area contributed by atoms with Crippen LogP contribution in [0.4, 0.5) is 11.4 Å². The van der Waals surface area contributed by atoms with E-state index in [9.17, 15) is 9.90 Å². The largest absolute Gasteiger partial charge is 0.496 e. The number of hydrogen-bond acceptors (Lipinski definition) is 9. The molecule has 0 saturated heterocycles. The quantitative estimate of drug-likeness (QED) is 0.0912. The van der Waals surface area contributed by atoms with Gasteiger partial charge in [-0.15, -0.1) is 0 Å². The number of hydrogen-bond donors (Lipinski definition) is 4. The summed E-state index contributed by atoms with van der Waals surface area (Å²) in [7, 11) is 8.88. The third-order valence-corrected chi connectivity index (χ3v) is 9.92. The zero-order valence-corrected chi connectivity index (χ0v) is 30.1. The molecular formula is C39H46ClN5O5. The Balaban J connectivity index is 1.41. The normalized spacial score (nSPS) is 15.8. The summed E-state index contributed by atoms with van der Waals surface area (Å²) >= 11 is 7.09. The van der Waals surface area contributed by atoms with Crippen molar-refractivity contribution in [3.05, 3.63) is 82.4 Å². The Morgan fingerprint density at radius 3 is 2.26 bits per heavy atom. The monoisotopic (exact) mass is 699 g/mol. The van der Waals surface area contributed by atoms with Crippen LogP contribution in [0.1, 0.15) is 48.8 Å². The molecule has 0 amide bonds. The number of nitrogens with one attached hydrogen (secondary N) is 3. The van der Waals surface area contributed by atoms with Crippen molar-refractivity contribution < 1.29 is 24.1 Å². The molecular weight excluding hydrogens is 654 g/mol. The summed E-state index contributed by atoms with van der Waals surface area (Å²) in [5, 5.41) is 24.8. The van der Waals surface area contributed by atoms with Crippen molar-refractivity contribution in [2.75, 3.05) is 40.7 Å². The van der Waals surface area contributed by atoms with Crippen LogP contribution in [0.3, 0.4) is 0 Å². The first-order valence-electron chi connectivity index (χ1n) is 16.8. The number of methoxy groups -OCH3 is 3. The first-order chi connectivity index (χ1) is 24.2. The minimum Gasteiger partial charge on any atom is -0.496 e. The number of nitrogens with zero attached hydrogens (tertiary/aromatic N) is 2. The Morgan fingerprint density at radius 2 is 1.64 bits per heavy atom. The molecule has 4 aromatic rings. The molecule has 50 heavy (non-hydrogen) atoms. The average Bonchev–Trinajstić information content (AvgIpc) is 3.12. The molecule has 1 heterocycles. The van der Waals surface area contributed by atoms with Crippen LogP contribution in [0, 0.1) is 11.3 Å². The molecule has 5 rings (SSSR count). The van der Waals surface area contributed by atoms with Crippen LogP contribution in [-0.4, -0.2) is 68.6 Å². The summed E-state index contributed by atoms with van der Waals surface area (Å²) in [6.07, 6.45) is 5.32. The molecule has 0 atom stereocenters. The lowest BCUT2D eigenvalue weighted by Gasteiger charge is -2.34. The van der Waals surface area contributed by atoms with Gasteiger partial charge in [-0.2, -0.15) is 0 Å². The minimum absolute atomic E-state index is 0.244. The van der Waals surface area contributed by atoms with E-state index in [1.54, 1.807) is 21.3 Å². The number of carboxylic acid groups (broad SMARTS) is 1. The number of halogens is 1. The minimum atomic E-state index is -0.719. The molecule has 0 bridgehead atoms. The molecule has 10 nitrogen and oxygen atoms in total. The zero-order chi connectivity index (χ0) is 35.8. The second-order valence-electron chi connectivity index (χ2n) is 12.6. The van der Waals surface area contributed by atoms with Gasteiger partial charge >= 0.3 is 5.97 Å². The number of aliphatic carboxylic acids is 1. The van der Waals surface area contributed by atoms with E-state index in [4.69, 9.17) is 36.2 Å². The molecule has 3 aromatic carbocycles. The van der Waals surface area contributed by atoms with Crippen molar-refractivity contribution in [1.82, 2.24) is 15.2 Å². The van der Waals surface area contributed by atoms with Crippen molar-refractivity contribution in [1.29, 1.82) is 5.41 Å². The Kier molecular flexibility index (Phi) is 12.3. The lowest BCUT2D eigenvalue weighted by atomic mass is 9.83. The maximum Gasteiger partial charge on any atom is 0.303 e. The predicted octanol–water partition coefficient (Wildman–Crippen LogP) is 8.02. The average molecular weight is 700 g/mol. The number of anilines is 2. The molecule has 1 fully saturated rings. The Hall–Kier alpha value is -4.64. The Morgan fingerprint density at radius 1 is 0.980 bits per heavy atom. The molecule has 264 valence electrons. The molecule has 0 aliphatic heterocycles. The van der Waals surface area contributed by atoms with Crippen molar-refractivity contribution in [2.24, 2.45) is 5.92 Å². The highest BCUT2D eigenvalue weighted by Gasteiger charge is 2.27. The fourth-order valence-electron chi connectivity index (χ4n) is 6.91. The highest BCUT2D eigenvalue weighted by Crippen LogP contribution is 2.41.